The van der Waals surface area contributed by atoms with E-state index >= 15 is 0 Å². The molecule has 6 nitrogen and oxygen atoms in total. The summed E-state index contributed by atoms with van der Waals surface area (Å²) in [5.41, 5.74) is 1.95. The maximum Gasteiger partial charge on any atom is 0.233 e. The van der Waals surface area contributed by atoms with Crippen molar-refractivity contribution >= 4 is 29.3 Å². The third-order valence-corrected chi connectivity index (χ3v) is 6.30. The van der Waals surface area contributed by atoms with Crippen molar-refractivity contribution in [1.82, 2.24) is 25.1 Å². The molecule has 150 valence electrons. The fourth-order valence-corrected chi connectivity index (χ4v) is 4.20. The smallest absolute Gasteiger partial charge is 0.233 e. The van der Waals surface area contributed by atoms with Crippen LogP contribution in [0.3, 0.4) is 0 Å². The van der Waals surface area contributed by atoms with E-state index in [4.69, 9.17) is 11.6 Å². The molecule has 8 heteroatoms. The summed E-state index contributed by atoms with van der Waals surface area (Å²) in [5.74, 6) is 0.994. The summed E-state index contributed by atoms with van der Waals surface area (Å²) in [6.45, 7) is 2.78. The van der Waals surface area contributed by atoms with E-state index in [1.165, 1.54) is 24.6 Å². The average molecular weight is 428 g/mol. The molecule has 2 aromatic carbocycles. The highest BCUT2D eigenvalue weighted by atomic mass is 35.5. The molecule has 0 bridgehead atoms. The average Bonchev–Trinajstić information content (AvgIpc) is 3.49. The maximum absolute atomic E-state index is 13.1. The van der Waals surface area contributed by atoms with Crippen molar-refractivity contribution in [2.45, 2.75) is 37.5 Å². The Bertz CT molecular complexity index is 959. The van der Waals surface area contributed by atoms with Crippen LogP contribution in [0.1, 0.15) is 25.3 Å². The number of hydrogen-bond donors (Lipinski definition) is 0. The molecule has 1 unspecified atom stereocenters. The van der Waals surface area contributed by atoms with Crippen molar-refractivity contribution in [3.8, 4) is 5.69 Å². The molecule has 1 saturated carbocycles. The topological polar surface area (TPSA) is 63.9 Å². The predicted molar refractivity (Wildman–Crippen MR) is 114 cm³/mol. The molecule has 3 aromatic rings. The van der Waals surface area contributed by atoms with Crippen molar-refractivity contribution in [1.29, 1.82) is 0 Å². The molecule has 1 atom stereocenters. The van der Waals surface area contributed by atoms with Gasteiger partial charge in [-0.1, -0.05) is 53.7 Å². The lowest BCUT2D eigenvalue weighted by molar-refractivity contribution is -0.131. The van der Waals surface area contributed by atoms with Gasteiger partial charge < -0.3 is 4.90 Å². The molecule has 1 aromatic heterocycles. The van der Waals surface area contributed by atoms with Gasteiger partial charge in [-0.25, -0.2) is 0 Å². The van der Waals surface area contributed by atoms with Gasteiger partial charge in [0.15, 0.2) is 0 Å². The molecule has 1 amide bonds. The Morgan fingerprint density at radius 1 is 1.21 bits per heavy atom. The number of carbonyl (C=O) groups excluding carboxylic acids is 1. The van der Waals surface area contributed by atoms with Crippen molar-refractivity contribution in [3.63, 3.8) is 0 Å². The summed E-state index contributed by atoms with van der Waals surface area (Å²) >= 11 is 7.31. The van der Waals surface area contributed by atoms with Crippen molar-refractivity contribution in [2.24, 2.45) is 5.92 Å². The highest BCUT2D eigenvalue weighted by Gasteiger charge is 2.34. The van der Waals surface area contributed by atoms with Crippen molar-refractivity contribution in [3.05, 3.63) is 65.2 Å². The zero-order valence-corrected chi connectivity index (χ0v) is 17.7. The van der Waals surface area contributed by atoms with E-state index in [0.717, 1.165) is 11.3 Å². The molecule has 1 heterocycles. The number of thioether (sulfide) groups is 1. The van der Waals surface area contributed by atoms with Crippen LogP contribution in [0.5, 0.6) is 0 Å². The van der Waals surface area contributed by atoms with Crippen LogP contribution in [0.15, 0.2) is 59.8 Å². The lowest BCUT2D eigenvalue weighted by Crippen LogP contribution is -2.40. The minimum atomic E-state index is 0.101. The van der Waals surface area contributed by atoms with Gasteiger partial charge in [-0.05, 0) is 65.9 Å². The van der Waals surface area contributed by atoms with Gasteiger partial charge in [0.25, 0.3) is 0 Å². The van der Waals surface area contributed by atoms with E-state index < -0.39 is 0 Å². The zero-order chi connectivity index (χ0) is 20.2. The first-order valence-corrected chi connectivity index (χ1v) is 11.0. The summed E-state index contributed by atoms with van der Waals surface area (Å²) in [4.78, 5) is 15.1. The molecule has 0 spiro atoms. The standard InChI is InChI=1S/C21H22ClN5OS/c1-15(17-7-8-17)26(13-16-5-3-2-4-6-16)20(28)14-29-21-23-24-25-27(21)19-11-9-18(22)10-12-19/h2-6,9-12,15,17H,7-8,13-14H2,1H3. The molecule has 0 aliphatic heterocycles. The van der Waals surface area contributed by atoms with Crippen LogP contribution in [0.2, 0.25) is 5.02 Å². The highest BCUT2D eigenvalue weighted by Crippen LogP contribution is 2.36. The van der Waals surface area contributed by atoms with Crippen LogP contribution in [-0.2, 0) is 11.3 Å². The van der Waals surface area contributed by atoms with Crippen molar-refractivity contribution < 1.29 is 4.79 Å². The monoisotopic (exact) mass is 427 g/mol. The minimum absolute atomic E-state index is 0.101. The quantitative estimate of drug-likeness (QED) is 0.503. The second kappa shape index (κ2) is 8.97. The summed E-state index contributed by atoms with van der Waals surface area (Å²) in [7, 11) is 0. The number of halogens is 1. The highest BCUT2D eigenvalue weighted by molar-refractivity contribution is 7.99. The lowest BCUT2D eigenvalue weighted by Gasteiger charge is -2.29. The number of amides is 1. The van der Waals surface area contributed by atoms with Gasteiger partial charge in [0.2, 0.25) is 11.1 Å². The van der Waals surface area contributed by atoms with E-state index in [2.05, 4.69) is 34.6 Å². The van der Waals surface area contributed by atoms with E-state index in [9.17, 15) is 4.79 Å². The van der Waals surface area contributed by atoms with E-state index in [0.29, 0.717) is 22.6 Å². The molecule has 1 aliphatic rings. The number of tetrazole rings is 1. The third-order valence-electron chi connectivity index (χ3n) is 5.15. The molecule has 0 saturated heterocycles. The molecule has 0 N–H and O–H groups in total. The summed E-state index contributed by atoms with van der Waals surface area (Å²) in [6.07, 6.45) is 2.39. The van der Waals surface area contributed by atoms with E-state index in [1.54, 1.807) is 16.8 Å². The Morgan fingerprint density at radius 2 is 1.93 bits per heavy atom. The fraction of sp³-hybridized carbons (Fsp3) is 0.333. The number of rotatable bonds is 8. The summed E-state index contributed by atoms with van der Waals surface area (Å²) < 4.78 is 1.63. The Kier molecular flexibility index (Phi) is 6.16. The van der Waals surface area contributed by atoms with Crippen LogP contribution in [-0.4, -0.2) is 42.8 Å². The Balaban J connectivity index is 1.46. The van der Waals surface area contributed by atoms with Gasteiger partial charge in [-0.15, -0.1) is 5.10 Å². The Hall–Kier alpha value is -2.38. The molecular weight excluding hydrogens is 406 g/mol. The van der Waals surface area contributed by atoms with Crippen LogP contribution in [0, 0.1) is 5.92 Å². The fourth-order valence-electron chi connectivity index (χ4n) is 3.29. The number of carbonyl (C=O) groups is 1. The van der Waals surface area contributed by atoms with E-state index in [1.807, 2.05) is 35.2 Å². The number of hydrogen-bond acceptors (Lipinski definition) is 5. The van der Waals surface area contributed by atoms with Crippen LogP contribution < -0.4 is 0 Å². The minimum Gasteiger partial charge on any atom is -0.335 e. The third kappa shape index (κ3) is 4.97. The number of benzene rings is 2. The molecule has 1 aliphatic carbocycles. The van der Waals surface area contributed by atoms with Gasteiger partial charge in [-0.2, -0.15) is 4.68 Å². The first kappa shape index (κ1) is 19.9. The molecule has 0 radical (unpaired) electrons. The summed E-state index contributed by atoms with van der Waals surface area (Å²) in [5, 5.41) is 13.1. The van der Waals surface area contributed by atoms with Gasteiger partial charge >= 0.3 is 0 Å². The first-order chi connectivity index (χ1) is 14.1. The Labute approximate surface area is 179 Å². The number of aromatic nitrogens is 4. The van der Waals surface area contributed by atoms with Gasteiger partial charge in [0, 0.05) is 17.6 Å². The second-order valence-corrected chi connectivity index (χ2v) is 8.60. The molecule has 1 fully saturated rings. The molecule has 4 rings (SSSR count). The van der Waals surface area contributed by atoms with Crippen LogP contribution in [0.4, 0.5) is 0 Å². The van der Waals surface area contributed by atoms with Crippen LogP contribution >= 0.6 is 23.4 Å². The van der Waals surface area contributed by atoms with Gasteiger partial charge in [0.05, 0.1) is 11.4 Å². The normalized spacial score (nSPS) is 14.6. The lowest BCUT2D eigenvalue weighted by atomic mass is 10.1. The predicted octanol–water partition coefficient (Wildman–Crippen LogP) is 4.24. The van der Waals surface area contributed by atoms with Gasteiger partial charge in [-0.3, -0.25) is 4.79 Å². The molecular formula is C21H22ClN5OS. The first-order valence-electron chi connectivity index (χ1n) is 9.62. The summed E-state index contributed by atoms with van der Waals surface area (Å²) in [6, 6.07) is 17.6. The van der Waals surface area contributed by atoms with E-state index in [-0.39, 0.29) is 17.7 Å². The Morgan fingerprint density at radius 3 is 2.62 bits per heavy atom. The van der Waals surface area contributed by atoms with Crippen molar-refractivity contribution in [2.75, 3.05) is 5.75 Å². The number of nitrogens with zero attached hydrogens (tertiary/aromatic N) is 5. The van der Waals surface area contributed by atoms with Gasteiger partial charge in [0.1, 0.15) is 0 Å². The maximum atomic E-state index is 13.1. The molecule has 29 heavy (non-hydrogen) atoms. The SMILES string of the molecule is CC(C1CC1)N(Cc1ccccc1)C(=O)CSc1nnnn1-c1ccc(Cl)cc1. The van der Waals surface area contributed by atoms with Crippen LogP contribution in [0.25, 0.3) is 5.69 Å². The largest absolute Gasteiger partial charge is 0.335 e. The second-order valence-electron chi connectivity index (χ2n) is 7.22. The zero-order valence-electron chi connectivity index (χ0n) is 16.1.